The van der Waals surface area contributed by atoms with Gasteiger partial charge in [0.25, 0.3) is 5.91 Å². The second-order valence-electron chi connectivity index (χ2n) is 5.15. The van der Waals surface area contributed by atoms with Gasteiger partial charge >= 0.3 is 5.97 Å². The fourth-order valence-corrected chi connectivity index (χ4v) is 2.22. The van der Waals surface area contributed by atoms with Crippen LogP contribution in [0.4, 0.5) is 0 Å². The van der Waals surface area contributed by atoms with Gasteiger partial charge in [-0.25, -0.2) is 4.79 Å². The molecule has 126 valence electrons. The Bertz CT molecular complexity index is 715. The van der Waals surface area contributed by atoms with Crippen LogP contribution in [0.15, 0.2) is 48.5 Å². The topological polar surface area (TPSA) is 64.6 Å². The normalized spacial score (nSPS) is 11.5. The van der Waals surface area contributed by atoms with Gasteiger partial charge in [-0.15, -0.1) is 0 Å². The fourth-order valence-electron chi connectivity index (χ4n) is 2.10. The average molecular weight is 348 g/mol. The Kier molecular flexibility index (Phi) is 6.21. The molecule has 0 radical (unpaired) electrons. The van der Waals surface area contributed by atoms with Crippen LogP contribution in [0.1, 0.15) is 28.9 Å². The summed E-state index contributed by atoms with van der Waals surface area (Å²) in [5.41, 5.74) is 1.31. The van der Waals surface area contributed by atoms with Gasteiger partial charge in [0.1, 0.15) is 5.75 Å². The Labute approximate surface area is 145 Å². The number of ether oxygens (including phenoxy) is 2. The van der Waals surface area contributed by atoms with E-state index in [0.717, 1.165) is 5.56 Å². The average Bonchev–Trinajstić information content (AvgIpc) is 2.60. The molecule has 0 aliphatic heterocycles. The van der Waals surface area contributed by atoms with E-state index >= 15 is 0 Å². The second kappa shape index (κ2) is 8.36. The van der Waals surface area contributed by atoms with Crippen LogP contribution in [0.3, 0.4) is 0 Å². The Morgan fingerprint density at radius 1 is 1.17 bits per heavy atom. The lowest BCUT2D eigenvalue weighted by atomic mass is 10.1. The van der Waals surface area contributed by atoms with E-state index in [9.17, 15) is 9.59 Å². The largest absolute Gasteiger partial charge is 0.484 e. The molecule has 2 aromatic carbocycles. The summed E-state index contributed by atoms with van der Waals surface area (Å²) < 4.78 is 10.1. The van der Waals surface area contributed by atoms with Crippen LogP contribution in [0.25, 0.3) is 0 Å². The van der Waals surface area contributed by atoms with Crippen molar-refractivity contribution in [2.75, 3.05) is 13.7 Å². The molecule has 1 atom stereocenters. The standard InChI is InChI=1S/C18H18ClNO4/c1-12(13-6-8-15(19)9-7-13)20-17(21)11-24-16-5-3-4-14(10-16)18(22)23-2/h3-10,12H,11H2,1-2H3,(H,20,21). The molecule has 5 nitrogen and oxygen atoms in total. The molecular weight excluding hydrogens is 330 g/mol. The first kappa shape index (κ1) is 17.8. The highest BCUT2D eigenvalue weighted by Crippen LogP contribution is 2.16. The first-order valence-electron chi connectivity index (χ1n) is 7.35. The summed E-state index contributed by atoms with van der Waals surface area (Å²) in [7, 11) is 1.31. The number of carbonyl (C=O) groups is 2. The van der Waals surface area contributed by atoms with Crippen LogP contribution in [0.5, 0.6) is 5.75 Å². The van der Waals surface area contributed by atoms with Gasteiger partial charge in [0.2, 0.25) is 0 Å². The molecule has 1 unspecified atom stereocenters. The molecule has 0 heterocycles. The van der Waals surface area contributed by atoms with E-state index in [0.29, 0.717) is 16.3 Å². The molecule has 0 fully saturated rings. The smallest absolute Gasteiger partial charge is 0.337 e. The van der Waals surface area contributed by atoms with Gasteiger partial charge in [0, 0.05) is 5.02 Å². The van der Waals surface area contributed by atoms with Crippen LogP contribution in [-0.4, -0.2) is 25.6 Å². The Balaban J connectivity index is 1.89. The van der Waals surface area contributed by atoms with E-state index in [1.165, 1.54) is 13.2 Å². The summed E-state index contributed by atoms with van der Waals surface area (Å²) >= 11 is 5.84. The van der Waals surface area contributed by atoms with E-state index in [-0.39, 0.29) is 18.6 Å². The molecule has 0 saturated carbocycles. The van der Waals surface area contributed by atoms with E-state index in [4.69, 9.17) is 16.3 Å². The maximum atomic E-state index is 12.0. The molecule has 6 heteroatoms. The van der Waals surface area contributed by atoms with Crippen molar-refractivity contribution in [2.24, 2.45) is 0 Å². The Morgan fingerprint density at radius 2 is 1.88 bits per heavy atom. The molecule has 1 amide bonds. The first-order chi connectivity index (χ1) is 11.5. The number of methoxy groups -OCH3 is 1. The number of hydrogen-bond donors (Lipinski definition) is 1. The zero-order chi connectivity index (χ0) is 17.5. The molecule has 1 N–H and O–H groups in total. The van der Waals surface area contributed by atoms with Gasteiger partial charge in [0.15, 0.2) is 6.61 Å². The highest BCUT2D eigenvalue weighted by Gasteiger charge is 2.11. The van der Waals surface area contributed by atoms with Crippen molar-refractivity contribution in [1.82, 2.24) is 5.32 Å². The quantitative estimate of drug-likeness (QED) is 0.813. The maximum absolute atomic E-state index is 12.0. The third kappa shape index (κ3) is 4.99. The van der Waals surface area contributed by atoms with Crippen molar-refractivity contribution in [3.63, 3.8) is 0 Å². The van der Waals surface area contributed by atoms with E-state index in [2.05, 4.69) is 10.1 Å². The number of nitrogens with one attached hydrogen (secondary N) is 1. The van der Waals surface area contributed by atoms with Crippen molar-refractivity contribution < 1.29 is 19.1 Å². The van der Waals surface area contributed by atoms with E-state index in [1.54, 1.807) is 30.3 Å². The fraction of sp³-hybridized carbons (Fsp3) is 0.222. The van der Waals surface area contributed by atoms with Gasteiger partial charge in [-0.1, -0.05) is 29.8 Å². The van der Waals surface area contributed by atoms with Crippen molar-refractivity contribution in [3.05, 3.63) is 64.7 Å². The second-order valence-corrected chi connectivity index (χ2v) is 5.59. The maximum Gasteiger partial charge on any atom is 0.337 e. The monoisotopic (exact) mass is 347 g/mol. The third-order valence-corrected chi connectivity index (χ3v) is 3.62. The van der Waals surface area contributed by atoms with Gasteiger partial charge < -0.3 is 14.8 Å². The van der Waals surface area contributed by atoms with E-state index < -0.39 is 5.97 Å². The van der Waals surface area contributed by atoms with Gasteiger partial charge in [-0.3, -0.25) is 4.79 Å². The molecule has 0 aromatic heterocycles. The Morgan fingerprint density at radius 3 is 2.54 bits per heavy atom. The van der Waals surface area contributed by atoms with Crippen LogP contribution in [-0.2, 0) is 9.53 Å². The van der Waals surface area contributed by atoms with Crippen LogP contribution in [0.2, 0.25) is 5.02 Å². The van der Waals surface area contributed by atoms with Crippen molar-refractivity contribution in [1.29, 1.82) is 0 Å². The highest BCUT2D eigenvalue weighted by molar-refractivity contribution is 6.30. The van der Waals surface area contributed by atoms with Crippen LogP contribution < -0.4 is 10.1 Å². The van der Waals surface area contributed by atoms with Crippen LogP contribution >= 0.6 is 11.6 Å². The summed E-state index contributed by atoms with van der Waals surface area (Å²) in [5.74, 6) is -0.297. The predicted molar refractivity (Wildman–Crippen MR) is 91.3 cm³/mol. The van der Waals surface area contributed by atoms with Crippen LogP contribution in [0, 0.1) is 0 Å². The molecule has 24 heavy (non-hydrogen) atoms. The van der Waals surface area contributed by atoms with Gasteiger partial charge in [-0.05, 0) is 42.8 Å². The molecule has 2 rings (SSSR count). The molecule has 0 spiro atoms. The number of esters is 1. The first-order valence-corrected chi connectivity index (χ1v) is 7.73. The lowest BCUT2D eigenvalue weighted by molar-refractivity contribution is -0.123. The minimum atomic E-state index is -0.457. The highest BCUT2D eigenvalue weighted by atomic mass is 35.5. The summed E-state index contributed by atoms with van der Waals surface area (Å²) in [6.07, 6.45) is 0. The number of benzene rings is 2. The van der Waals surface area contributed by atoms with Crippen molar-refractivity contribution in [2.45, 2.75) is 13.0 Å². The minimum absolute atomic E-state index is 0.150. The SMILES string of the molecule is COC(=O)c1cccc(OCC(=O)NC(C)c2ccc(Cl)cc2)c1. The minimum Gasteiger partial charge on any atom is -0.484 e. The predicted octanol–water partition coefficient (Wildman–Crippen LogP) is 3.38. The molecule has 0 aliphatic rings. The number of carbonyl (C=O) groups excluding carboxylic acids is 2. The summed E-state index contributed by atoms with van der Waals surface area (Å²) in [4.78, 5) is 23.5. The van der Waals surface area contributed by atoms with Gasteiger partial charge in [-0.2, -0.15) is 0 Å². The molecule has 0 bridgehead atoms. The number of rotatable bonds is 6. The Hall–Kier alpha value is -2.53. The lowest BCUT2D eigenvalue weighted by Crippen LogP contribution is -2.31. The summed E-state index contributed by atoms with van der Waals surface area (Å²) in [6.45, 7) is 1.72. The summed E-state index contributed by atoms with van der Waals surface area (Å²) in [6, 6.07) is 13.6. The third-order valence-electron chi connectivity index (χ3n) is 3.37. The summed E-state index contributed by atoms with van der Waals surface area (Å²) in [5, 5.41) is 3.48. The van der Waals surface area contributed by atoms with E-state index in [1.807, 2.05) is 19.1 Å². The number of amides is 1. The van der Waals surface area contributed by atoms with Gasteiger partial charge in [0.05, 0.1) is 18.7 Å². The van der Waals surface area contributed by atoms with Crippen molar-refractivity contribution >= 4 is 23.5 Å². The number of hydrogen-bond acceptors (Lipinski definition) is 4. The zero-order valence-electron chi connectivity index (χ0n) is 13.4. The van der Waals surface area contributed by atoms with Crippen molar-refractivity contribution in [3.8, 4) is 5.75 Å². The zero-order valence-corrected chi connectivity index (χ0v) is 14.2. The molecule has 0 aliphatic carbocycles. The molecule has 2 aromatic rings. The lowest BCUT2D eigenvalue weighted by Gasteiger charge is -2.15. The molecule has 0 saturated heterocycles. The number of halogens is 1. The molecular formula is C18H18ClNO4.